The summed E-state index contributed by atoms with van der Waals surface area (Å²) in [5.41, 5.74) is 5.66. The maximum atomic E-state index is 5.89. The quantitative estimate of drug-likeness (QED) is 0.528. The number of hydrogen-bond acceptors (Lipinski definition) is 5. The van der Waals surface area contributed by atoms with E-state index in [4.69, 9.17) is 16.0 Å². The number of thiazole rings is 1. The predicted molar refractivity (Wildman–Crippen MR) is 91.8 cm³/mol. The van der Waals surface area contributed by atoms with Gasteiger partial charge in [0.25, 0.3) is 0 Å². The molecule has 22 heavy (non-hydrogen) atoms. The Morgan fingerprint density at radius 3 is 2.68 bits per heavy atom. The van der Waals surface area contributed by atoms with Gasteiger partial charge in [-0.3, -0.25) is 5.43 Å². The van der Waals surface area contributed by atoms with Gasteiger partial charge in [0, 0.05) is 16.0 Å². The van der Waals surface area contributed by atoms with E-state index in [1.807, 2.05) is 55.6 Å². The van der Waals surface area contributed by atoms with Crippen molar-refractivity contribution in [3.8, 4) is 11.3 Å². The van der Waals surface area contributed by atoms with Crippen LogP contribution in [0.2, 0.25) is 5.02 Å². The van der Waals surface area contributed by atoms with Crippen molar-refractivity contribution in [2.24, 2.45) is 5.10 Å². The molecule has 112 valence electrons. The smallest absolute Gasteiger partial charge is 0.203 e. The van der Waals surface area contributed by atoms with Gasteiger partial charge in [0.15, 0.2) is 0 Å². The molecule has 0 fully saturated rings. The Balaban J connectivity index is 1.73. The lowest BCUT2D eigenvalue weighted by atomic mass is 10.2. The minimum Gasteiger partial charge on any atom is -0.460 e. The third kappa shape index (κ3) is 3.37. The van der Waals surface area contributed by atoms with Crippen molar-refractivity contribution in [1.29, 1.82) is 0 Å². The summed E-state index contributed by atoms with van der Waals surface area (Å²) >= 11 is 7.39. The van der Waals surface area contributed by atoms with Crippen LogP contribution in [0.5, 0.6) is 0 Å². The number of furan rings is 1. The molecule has 1 N–H and O–H groups in total. The summed E-state index contributed by atoms with van der Waals surface area (Å²) in [6, 6.07) is 11.4. The molecular formula is C16H14ClN3OS. The van der Waals surface area contributed by atoms with Gasteiger partial charge in [-0.05, 0) is 38.1 Å². The van der Waals surface area contributed by atoms with Gasteiger partial charge in [-0.25, -0.2) is 4.98 Å². The lowest BCUT2D eigenvalue weighted by Crippen LogP contribution is -1.97. The summed E-state index contributed by atoms with van der Waals surface area (Å²) in [5.74, 6) is 1.61. The molecule has 0 unspecified atom stereocenters. The average molecular weight is 332 g/mol. The van der Waals surface area contributed by atoms with E-state index in [2.05, 4.69) is 15.5 Å². The van der Waals surface area contributed by atoms with Crippen LogP contribution in [0, 0.1) is 6.92 Å². The molecule has 2 heterocycles. The first kappa shape index (κ1) is 14.8. The number of rotatable bonds is 4. The zero-order valence-electron chi connectivity index (χ0n) is 12.1. The van der Waals surface area contributed by atoms with Crippen LogP contribution in [0.1, 0.15) is 18.4 Å². The molecule has 0 aliphatic rings. The minimum atomic E-state index is 0.714. The number of aromatic nitrogens is 1. The molecule has 0 radical (unpaired) electrons. The highest BCUT2D eigenvalue weighted by atomic mass is 35.5. The van der Waals surface area contributed by atoms with Crippen molar-refractivity contribution in [2.75, 3.05) is 5.43 Å². The second-order valence-corrected chi connectivity index (χ2v) is 6.06. The van der Waals surface area contributed by atoms with E-state index in [0.717, 1.165) is 33.6 Å². The van der Waals surface area contributed by atoms with E-state index < -0.39 is 0 Å². The van der Waals surface area contributed by atoms with Crippen LogP contribution in [-0.2, 0) is 0 Å². The van der Waals surface area contributed by atoms with Gasteiger partial charge in [0.05, 0.1) is 5.69 Å². The number of nitrogens with one attached hydrogen (secondary N) is 1. The molecule has 0 spiro atoms. The number of hydrogen-bond donors (Lipinski definition) is 1. The molecule has 0 saturated carbocycles. The minimum absolute atomic E-state index is 0.714. The maximum absolute atomic E-state index is 5.89. The van der Waals surface area contributed by atoms with Crippen LogP contribution in [-0.4, -0.2) is 10.7 Å². The molecule has 0 bridgehead atoms. The zero-order chi connectivity index (χ0) is 15.5. The molecule has 0 aliphatic carbocycles. The predicted octanol–water partition coefficient (Wildman–Crippen LogP) is 5.20. The van der Waals surface area contributed by atoms with Crippen molar-refractivity contribution in [2.45, 2.75) is 13.8 Å². The fourth-order valence-electron chi connectivity index (χ4n) is 1.89. The first-order valence-electron chi connectivity index (χ1n) is 6.70. The SMILES string of the molecule is C/C(=N/Nc1nc(-c2ccc(Cl)cc2)cs1)c1ccc(C)o1. The normalized spacial score (nSPS) is 11.7. The molecular weight excluding hydrogens is 318 g/mol. The van der Waals surface area contributed by atoms with E-state index in [0.29, 0.717) is 5.02 Å². The molecule has 4 nitrogen and oxygen atoms in total. The van der Waals surface area contributed by atoms with E-state index in [9.17, 15) is 0 Å². The monoisotopic (exact) mass is 331 g/mol. The van der Waals surface area contributed by atoms with Gasteiger partial charge >= 0.3 is 0 Å². The highest BCUT2D eigenvalue weighted by Gasteiger charge is 2.06. The van der Waals surface area contributed by atoms with Gasteiger partial charge < -0.3 is 4.42 Å². The van der Waals surface area contributed by atoms with Crippen LogP contribution in [0.3, 0.4) is 0 Å². The highest BCUT2D eigenvalue weighted by molar-refractivity contribution is 7.14. The summed E-state index contributed by atoms with van der Waals surface area (Å²) in [4.78, 5) is 4.51. The summed E-state index contributed by atoms with van der Waals surface area (Å²) in [5, 5.41) is 7.72. The largest absolute Gasteiger partial charge is 0.460 e. The van der Waals surface area contributed by atoms with Crippen LogP contribution >= 0.6 is 22.9 Å². The Morgan fingerprint density at radius 1 is 1.23 bits per heavy atom. The molecule has 0 saturated heterocycles. The molecule has 0 amide bonds. The van der Waals surface area contributed by atoms with Crippen molar-refractivity contribution in [3.05, 3.63) is 58.3 Å². The fraction of sp³-hybridized carbons (Fsp3) is 0.125. The van der Waals surface area contributed by atoms with Crippen molar-refractivity contribution < 1.29 is 4.42 Å². The molecule has 0 atom stereocenters. The molecule has 2 aromatic heterocycles. The Labute approximate surface area is 137 Å². The second kappa shape index (κ2) is 6.34. The summed E-state index contributed by atoms with van der Waals surface area (Å²) in [6.45, 7) is 3.79. The number of hydrazone groups is 1. The van der Waals surface area contributed by atoms with E-state index >= 15 is 0 Å². The first-order valence-corrected chi connectivity index (χ1v) is 7.96. The second-order valence-electron chi connectivity index (χ2n) is 4.76. The van der Waals surface area contributed by atoms with Gasteiger partial charge in [-0.15, -0.1) is 11.3 Å². The van der Waals surface area contributed by atoms with Crippen LogP contribution in [0.25, 0.3) is 11.3 Å². The van der Waals surface area contributed by atoms with Gasteiger partial charge in [-0.1, -0.05) is 23.7 Å². The van der Waals surface area contributed by atoms with Gasteiger partial charge in [0.2, 0.25) is 5.13 Å². The summed E-state index contributed by atoms with van der Waals surface area (Å²) in [6.07, 6.45) is 0. The van der Waals surface area contributed by atoms with E-state index in [-0.39, 0.29) is 0 Å². The fourth-order valence-corrected chi connectivity index (χ4v) is 2.68. The van der Waals surface area contributed by atoms with Crippen LogP contribution in [0.15, 0.2) is 51.3 Å². The molecule has 3 aromatic rings. The third-order valence-corrected chi connectivity index (χ3v) is 4.06. The van der Waals surface area contributed by atoms with Crippen molar-refractivity contribution in [1.82, 2.24) is 4.98 Å². The standard InChI is InChI=1S/C16H14ClN3OS/c1-10-3-8-15(21-10)11(2)19-20-16-18-14(9-22-16)12-4-6-13(17)7-5-12/h3-9H,1-2H3,(H,18,20)/b19-11-. The average Bonchev–Trinajstić information content (AvgIpc) is 3.15. The van der Waals surface area contributed by atoms with Gasteiger partial charge in [0.1, 0.15) is 17.2 Å². The lowest BCUT2D eigenvalue weighted by molar-refractivity contribution is 0.525. The van der Waals surface area contributed by atoms with Crippen molar-refractivity contribution in [3.63, 3.8) is 0 Å². The van der Waals surface area contributed by atoms with Crippen LogP contribution in [0.4, 0.5) is 5.13 Å². The molecule has 0 aliphatic heterocycles. The number of nitrogens with zero attached hydrogens (tertiary/aromatic N) is 2. The summed E-state index contributed by atoms with van der Waals surface area (Å²) in [7, 11) is 0. The number of halogens is 1. The van der Waals surface area contributed by atoms with Crippen LogP contribution < -0.4 is 5.43 Å². The number of aryl methyl sites for hydroxylation is 1. The Morgan fingerprint density at radius 2 is 2.00 bits per heavy atom. The molecule has 3 rings (SSSR count). The van der Waals surface area contributed by atoms with E-state index in [1.165, 1.54) is 11.3 Å². The highest BCUT2D eigenvalue weighted by Crippen LogP contribution is 2.26. The Kier molecular flexibility index (Phi) is 4.27. The van der Waals surface area contributed by atoms with Crippen molar-refractivity contribution >= 4 is 33.8 Å². The van der Waals surface area contributed by atoms with E-state index in [1.54, 1.807) is 0 Å². The maximum Gasteiger partial charge on any atom is 0.203 e. The first-order chi connectivity index (χ1) is 10.6. The van der Waals surface area contributed by atoms with Gasteiger partial charge in [-0.2, -0.15) is 5.10 Å². The topological polar surface area (TPSA) is 50.4 Å². The zero-order valence-corrected chi connectivity index (χ0v) is 13.7. The molecule has 6 heteroatoms. The Bertz CT molecular complexity index is 805. The number of benzene rings is 1. The number of anilines is 1. The lowest BCUT2D eigenvalue weighted by Gasteiger charge is -1.98. The third-order valence-electron chi connectivity index (χ3n) is 3.06. The summed E-state index contributed by atoms with van der Waals surface area (Å²) < 4.78 is 5.52. The Hall–Kier alpha value is -2.11. The molecule has 1 aromatic carbocycles.